The lowest BCUT2D eigenvalue weighted by Crippen LogP contribution is -2.35. The van der Waals surface area contributed by atoms with Gasteiger partial charge in [0.15, 0.2) is 0 Å². The Morgan fingerprint density at radius 1 is 1.79 bits per heavy atom. The van der Waals surface area contributed by atoms with Gasteiger partial charge in [0.1, 0.15) is 5.15 Å². The van der Waals surface area contributed by atoms with Crippen LogP contribution in [0.25, 0.3) is 0 Å². The van der Waals surface area contributed by atoms with Crippen LogP contribution in [-0.2, 0) is 4.79 Å². The van der Waals surface area contributed by atoms with Crippen LogP contribution < -0.4 is 11.1 Å². The minimum Gasteiger partial charge on any atom is -0.320 e. The van der Waals surface area contributed by atoms with Crippen molar-refractivity contribution in [1.29, 1.82) is 0 Å². The lowest BCUT2D eigenvalue weighted by atomic mass is 10.2. The fourth-order valence-corrected chi connectivity index (χ4v) is 0.922. The molecule has 0 saturated heterocycles. The number of hydrogen-bond acceptors (Lipinski definition) is 4. The molecule has 0 aliphatic rings. The van der Waals surface area contributed by atoms with E-state index >= 15 is 0 Å². The van der Waals surface area contributed by atoms with Gasteiger partial charge in [0.05, 0.1) is 6.04 Å². The SMILES string of the molecule is CC[C@H](N)C(=O)Nc1nccc(Cl)n1. The molecule has 0 unspecified atom stereocenters. The molecule has 1 aromatic heterocycles. The predicted molar refractivity (Wildman–Crippen MR) is 53.9 cm³/mol. The summed E-state index contributed by atoms with van der Waals surface area (Å²) in [5, 5.41) is 2.74. The summed E-state index contributed by atoms with van der Waals surface area (Å²) in [6.07, 6.45) is 2.02. The number of carbonyl (C=O) groups excluding carboxylic acids is 1. The maximum atomic E-state index is 11.3. The summed E-state index contributed by atoms with van der Waals surface area (Å²) in [5.74, 6) is -0.138. The van der Waals surface area contributed by atoms with Crippen molar-refractivity contribution in [3.8, 4) is 0 Å². The zero-order chi connectivity index (χ0) is 10.6. The number of amides is 1. The Kier molecular flexibility index (Phi) is 3.79. The van der Waals surface area contributed by atoms with E-state index in [2.05, 4.69) is 15.3 Å². The highest BCUT2D eigenvalue weighted by atomic mass is 35.5. The van der Waals surface area contributed by atoms with E-state index in [0.29, 0.717) is 6.42 Å². The number of halogens is 1. The van der Waals surface area contributed by atoms with E-state index in [9.17, 15) is 4.79 Å². The molecule has 0 aliphatic carbocycles. The lowest BCUT2D eigenvalue weighted by molar-refractivity contribution is -0.117. The zero-order valence-corrected chi connectivity index (χ0v) is 8.45. The second-order valence-electron chi connectivity index (χ2n) is 2.71. The van der Waals surface area contributed by atoms with E-state index in [4.69, 9.17) is 17.3 Å². The first-order valence-electron chi connectivity index (χ1n) is 4.18. The van der Waals surface area contributed by atoms with Gasteiger partial charge in [-0.05, 0) is 12.5 Å². The maximum absolute atomic E-state index is 11.3. The van der Waals surface area contributed by atoms with Gasteiger partial charge < -0.3 is 5.73 Å². The van der Waals surface area contributed by atoms with Crippen LogP contribution in [0.4, 0.5) is 5.95 Å². The predicted octanol–water partition coefficient (Wildman–Crippen LogP) is 0.806. The van der Waals surface area contributed by atoms with E-state index in [-0.39, 0.29) is 17.0 Å². The van der Waals surface area contributed by atoms with Crippen molar-refractivity contribution in [2.45, 2.75) is 19.4 Å². The van der Waals surface area contributed by atoms with Crippen molar-refractivity contribution in [3.05, 3.63) is 17.4 Å². The van der Waals surface area contributed by atoms with Crippen molar-refractivity contribution >= 4 is 23.5 Å². The minimum absolute atomic E-state index is 0.173. The van der Waals surface area contributed by atoms with E-state index in [1.807, 2.05) is 6.92 Å². The van der Waals surface area contributed by atoms with Gasteiger partial charge in [-0.1, -0.05) is 18.5 Å². The molecule has 0 aliphatic heterocycles. The smallest absolute Gasteiger partial charge is 0.243 e. The largest absolute Gasteiger partial charge is 0.320 e. The molecule has 0 saturated carbocycles. The van der Waals surface area contributed by atoms with Gasteiger partial charge in [-0.3, -0.25) is 10.1 Å². The standard InChI is InChI=1S/C8H11ClN4O/c1-2-5(10)7(14)13-8-11-4-3-6(9)12-8/h3-5H,2,10H2,1H3,(H,11,12,13,14)/t5-/m0/s1. The van der Waals surface area contributed by atoms with Crippen LogP contribution in [0, 0.1) is 0 Å². The molecule has 3 N–H and O–H groups in total. The van der Waals surface area contributed by atoms with Gasteiger partial charge in [-0.15, -0.1) is 0 Å². The molecule has 1 heterocycles. The first-order valence-corrected chi connectivity index (χ1v) is 4.56. The Morgan fingerprint density at radius 2 is 2.50 bits per heavy atom. The average Bonchev–Trinajstić information content (AvgIpc) is 2.16. The van der Waals surface area contributed by atoms with Gasteiger partial charge in [-0.2, -0.15) is 0 Å². The third-order valence-electron chi connectivity index (χ3n) is 1.63. The summed E-state index contributed by atoms with van der Waals surface area (Å²) in [4.78, 5) is 18.9. The fraction of sp³-hybridized carbons (Fsp3) is 0.375. The average molecular weight is 215 g/mol. The second-order valence-corrected chi connectivity index (χ2v) is 3.09. The molecule has 0 spiro atoms. The normalized spacial score (nSPS) is 12.2. The number of nitrogens with two attached hydrogens (primary N) is 1. The number of rotatable bonds is 3. The van der Waals surface area contributed by atoms with Crippen molar-refractivity contribution in [2.24, 2.45) is 5.73 Å². The molecule has 1 rings (SSSR count). The molecule has 0 fully saturated rings. The number of aromatic nitrogens is 2. The minimum atomic E-state index is -0.544. The molecular weight excluding hydrogens is 204 g/mol. The van der Waals surface area contributed by atoms with Gasteiger partial charge in [0.25, 0.3) is 0 Å². The topological polar surface area (TPSA) is 80.9 Å². The van der Waals surface area contributed by atoms with Crippen LogP contribution in [0.2, 0.25) is 5.15 Å². The summed E-state index contributed by atoms with van der Waals surface area (Å²) in [5.41, 5.74) is 5.50. The number of nitrogens with zero attached hydrogens (tertiary/aromatic N) is 2. The molecule has 0 radical (unpaired) electrons. The first-order chi connectivity index (χ1) is 6.63. The summed E-state index contributed by atoms with van der Waals surface area (Å²) in [6, 6.07) is 0.981. The lowest BCUT2D eigenvalue weighted by Gasteiger charge is -2.08. The van der Waals surface area contributed by atoms with Gasteiger partial charge in [0, 0.05) is 6.20 Å². The van der Waals surface area contributed by atoms with Crippen LogP contribution in [0.1, 0.15) is 13.3 Å². The Morgan fingerprint density at radius 3 is 3.07 bits per heavy atom. The highest BCUT2D eigenvalue weighted by Crippen LogP contribution is 2.05. The van der Waals surface area contributed by atoms with Crippen LogP contribution in [0.15, 0.2) is 12.3 Å². The van der Waals surface area contributed by atoms with E-state index in [0.717, 1.165) is 0 Å². The molecule has 1 aromatic rings. The summed E-state index contributed by atoms with van der Waals surface area (Å²) >= 11 is 5.61. The fourth-order valence-electron chi connectivity index (χ4n) is 0.785. The van der Waals surface area contributed by atoms with Crippen LogP contribution in [-0.4, -0.2) is 21.9 Å². The molecule has 5 nitrogen and oxygen atoms in total. The summed E-state index contributed by atoms with van der Waals surface area (Å²) in [7, 11) is 0. The molecule has 1 atom stereocenters. The highest BCUT2D eigenvalue weighted by molar-refractivity contribution is 6.29. The van der Waals surface area contributed by atoms with Crippen molar-refractivity contribution in [2.75, 3.05) is 5.32 Å². The Bertz CT molecular complexity index is 331. The molecule has 0 bridgehead atoms. The maximum Gasteiger partial charge on any atom is 0.243 e. The molecule has 14 heavy (non-hydrogen) atoms. The molecule has 76 valence electrons. The summed E-state index contributed by atoms with van der Waals surface area (Å²) < 4.78 is 0. The van der Waals surface area contributed by atoms with Crippen molar-refractivity contribution in [1.82, 2.24) is 9.97 Å². The quantitative estimate of drug-likeness (QED) is 0.730. The van der Waals surface area contributed by atoms with Gasteiger partial charge in [-0.25, -0.2) is 9.97 Å². The highest BCUT2D eigenvalue weighted by Gasteiger charge is 2.11. The van der Waals surface area contributed by atoms with E-state index in [1.165, 1.54) is 12.3 Å². The number of nitrogens with one attached hydrogen (secondary N) is 1. The number of anilines is 1. The van der Waals surface area contributed by atoms with Crippen molar-refractivity contribution in [3.63, 3.8) is 0 Å². The Hall–Kier alpha value is -1.20. The molecule has 6 heteroatoms. The first kappa shape index (κ1) is 10.9. The molecular formula is C8H11ClN4O. The van der Waals surface area contributed by atoms with Gasteiger partial charge in [0.2, 0.25) is 11.9 Å². The molecule has 1 amide bonds. The zero-order valence-electron chi connectivity index (χ0n) is 7.70. The summed E-state index contributed by atoms with van der Waals surface area (Å²) in [6.45, 7) is 1.82. The monoisotopic (exact) mass is 214 g/mol. The van der Waals surface area contributed by atoms with Crippen LogP contribution >= 0.6 is 11.6 Å². The van der Waals surface area contributed by atoms with Crippen molar-refractivity contribution < 1.29 is 4.79 Å². The third-order valence-corrected chi connectivity index (χ3v) is 1.84. The number of carbonyl (C=O) groups is 1. The molecule has 0 aromatic carbocycles. The third kappa shape index (κ3) is 2.93. The Labute approximate surface area is 86.7 Å². The van der Waals surface area contributed by atoms with Crippen LogP contribution in [0.5, 0.6) is 0 Å². The van der Waals surface area contributed by atoms with Gasteiger partial charge >= 0.3 is 0 Å². The van der Waals surface area contributed by atoms with Crippen LogP contribution in [0.3, 0.4) is 0 Å². The second kappa shape index (κ2) is 4.88. The Balaban J connectivity index is 2.65. The number of hydrogen-bond donors (Lipinski definition) is 2. The van der Waals surface area contributed by atoms with E-state index < -0.39 is 6.04 Å². The van der Waals surface area contributed by atoms with E-state index in [1.54, 1.807) is 0 Å².